The Balaban J connectivity index is 1.72. The summed E-state index contributed by atoms with van der Waals surface area (Å²) in [5.41, 5.74) is 4.92. The van der Waals surface area contributed by atoms with Crippen molar-refractivity contribution in [2.45, 2.75) is 13.5 Å². The number of fused-ring (bicyclic) bond motifs is 1. The van der Waals surface area contributed by atoms with Gasteiger partial charge in [0.25, 0.3) is 0 Å². The van der Waals surface area contributed by atoms with Gasteiger partial charge in [-0.05, 0) is 30.2 Å². The van der Waals surface area contributed by atoms with E-state index in [1.807, 2.05) is 61.5 Å². The number of aromatic nitrogens is 1. The lowest BCUT2D eigenvalue weighted by molar-refractivity contribution is 0.420. The molecule has 2 aromatic carbocycles. The van der Waals surface area contributed by atoms with Gasteiger partial charge in [0.05, 0.1) is 17.1 Å². The molecule has 5 heteroatoms. The van der Waals surface area contributed by atoms with E-state index in [0.29, 0.717) is 11.4 Å². The lowest BCUT2D eigenvalue weighted by atomic mass is 10.1. The van der Waals surface area contributed by atoms with E-state index in [9.17, 15) is 9.90 Å². The molecule has 2 heterocycles. The molecule has 0 radical (unpaired) electrons. The number of aromatic hydroxyl groups is 1. The van der Waals surface area contributed by atoms with Crippen LogP contribution in [0.4, 0.5) is 5.69 Å². The molecule has 4 rings (SSSR count). The van der Waals surface area contributed by atoms with Crippen LogP contribution in [0.3, 0.4) is 0 Å². The molecule has 0 amide bonds. The molecule has 0 saturated heterocycles. The summed E-state index contributed by atoms with van der Waals surface area (Å²) in [6, 6.07) is 15.7. The van der Waals surface area contributed by atoms with Gasteiger partial charge >= 0.3 is 4.87 Å². The summed E-state index contributed by atoms with van der Waals surface area (Å²) in [4.78, 5) is 17.1. The first-order chi connectivity index (χ1) is 12.1. The van der Waals surface area contributed by atoms with Crippen molar-refractivity contribution in [2.24, 2.45) is 4.99 Å². The van der Waals surface area contributed by atoms with Gasteiger partial charge in [-0.3, -0.25) is 14.4 Å². The number of allylic oxidation sites excluding steroid dienone is 1. The Morgan fingerprint density at radius 1 is 1.16 bits per heavy atom. The van der Waals surface area contributed by atoms with E-state index in [-0.39, 0.29) is 10.8 Å². The minimum Gasteiger partial charge on any atom is -0.493 e. The molecule has 0 bridgehead atoms. The minimum atomic E-state index is -0.171. The van der Waals surface area contributed by atoms with Crippen LogP contribution in [0.15, 0.2) is 58.3 Å². The third-order valence-corrected chi connectivity index (χ3v) is 5.24. The van der Waals surface area contributed by atoms with Gasteiger partial charge in [-0.1, -0.05) is 53.8 Å². The smallest absolute Gasteiger partial charge is 0.310 e. The van der Waals surface area contributed by atoms with Gasteiger partial charge in [0, 0.05) is 17.4 Å². The van der Waals surface area contributed by atoms with E-state index in [0.717, 1.165) is 39.3 Å². The second kappa shape index (κ2) is 6.18. The number of aryl methyl sites for hydroxylation is 1. The Hall–Kier alpha value is -2.92. The Bertz CT molecular complexity index is 1070. The fourth-order valence-electron chi connectivity index (χ4n) is 2.90. The highest BCUT2D eigenvalue weighted by molar-refractivity contribution is 7.10. The van der Waals surface area contributed by atoms with Crippen molar-refractivity contribution in [3.05, 3.63) is 79.8 Å². The Morgan fingerprint density at radius 2 is 1.92 bits per heavy atom. The number of hydrogen-bond acceptors (Lipinski definition) is 4. The van der Waals surface area contributed by atoms with E-state index in [1.165, 1.54) is 4.57 Å². The topological polar surface area (TPSA) is 54.6 Å². The van der Waals surface area contributed by atoms with Gasteiger partial charge in [-0.2, -0.15) is 0 Å². The molecule has 3 aromatic rings. The monoisotopic (exact) mass is 348 g/mol. The number of benzene rings is 2. The molecule has 0 atom stereocenters. The lowest BCUT2D eigenvalue weighted by Crippen LogP contribution is -2.13. The van der Waals surface area contributed by atoms with Gasteiger partial charge in [0.15, 0.2) is 0 Å². The van der Waals surface area contributed by atoms with Crippen LogP contribution in [0.5, 0.6) is 5.88 Å². The van der Waals surface area contributed by atoms with Gasteiger partial charge in [0.1, 0.15) is 0 Å². The quantitative estimate of drug-likeness (QED) is 0.770. The summed E-state index contributed by atoms with van der Waals surface area (Å²) >= 11 is 1.05. The number of rotatable bonds is 3. The standard InChI is InChI=1S/C20H16N2O2S/c1-13-6-2-3-7-14(13)12-22-19(23)18(25-20(22)24)10-15-11-21-17-9-5-4-8-16(15)17/h2-11,23H,12H2,1H3/b15-10-. The summed E-state index contributed by atoms with van der Waals surface area (Å²) in [6.07, 6.45) is 3.59. The average molecular weight is 348 g/mol. The molecule has 0 spiro atoms. The molecule has 0 aliphatic carbocycles. The molecule has 124 valence electrons. The Morgan fingerprint density at radius 3 is 2.76 bits per heavy atom. The van der Waals surface area contributed by atoms with Crippen LogP contribution >= 0.6 is 11.3 Å². The van der Waals surface area contributed by atoms with E-state index in [4.69, 9.17) is 0 Å². The van der Waals surface area contributed by atoms with Crippen molar-refractivity contribution < 1.29 is 5.11 Å². The molecule has 1 aliphatic heterocycles. The SMILES string of the molecule is Cc1ccccc1Cn1c(O)c(/C=C2/C=Nc3ccccc32)sc1=O. The zero-order valence-corrected chi connectivity index (χ0v) is 14.5. The second-order valence-corrected chi connectivity index (χ2v) is 6.94. The summed E-state index contributed by atoms with van der Waals surface area (Å²) in [5, 5.41) is 10.6. The second-order valence-electron chi connectivity index (χ2n) is 5.94. The van der Waals surface area contributed by atoms with Crippen LogP contribution in [0.1, 0.15) is 21.6 Å². The number of nitrogens with zero attached hydrogens (tertiary/aromatic N) is 2. The number of aliphatic imine (C=N–C) groups is 1. The van der Waals surface area contributed by atoms with Gasteiger partial charge in [-0.25, -0.2) is 0 Å². The average Bonchev–Trinajstić information content (AvgIpc) is 3.13. The third-order valence-electron chi connectivity index (χ3n) is 4.33. The van der Waals surface area contributed by atoms with Crippen molar-refractivity contribution in [2.75, 3.05) is 0 Å². The van der Waals surface area contributed by atoms with Crippen molar-refractivity contribution in [3.63, 3.8) is 0 Å². The first-order valence-corrected chi connectivity index (χ1v) is 8.77. The zero-order valence-electron chi connectivity index (χ0n) is 13.6. The normalized spacial score (nSPS) is 14.2. The number of thiazole rings is 1. The molecular formula is C20H16N2O2S. The van der Waals surface area contributed by atoms with Gasteiger partial charge in [0.2, 0.25) is 5.88 Å². The summed E-state index contributed by atoms with van der Waals surface area (Å²) in [6.45, 7) is 2.36. The maximum atomic E-state index is 12.4. The maximum Gasteiger partial charge on any atom is 0.310 e. The highest BCUT2D eigenvalue weighted by Crippen LogP contribution is 2.34. The fraction of sp³-hybridized carbons (Fsp3) is 0.100. The number of para-hydroxylation sites is 1. The van der Waals surface area contributed by atoms with E-state index >= 15 is 0 Å². The predicted molar refractivity (Wildman–Crippen MR) is 103 cm³/mol. The third kappa shape index (κ3) is 2.83. The summed E-state index contributed by atoms with van der Waals surface area (Å²) in [7, 11) is 0. The molecule has 0 unspecified atom stereocenters. The molecule has 1 aliphatic rings. The van der Waals surface area contributed by atoms with Gasteiger partial charge < -0.3 is 5.11 Å². The number of hydrogen-bond donors (Lipinski definition) is 1. The first kappa shape index (κ1) is 15.6. The molecule has 4 nitrogen and oxygen atoms in total. The van der Waals surface area contributed by atoms with Crippen LogP contribution in [0.25, 0.3) is 11.6 Å². The molecular weight excluding hydrogens is 332 g/mol. The first-order valence-electron chi connectivity index (χ1n) is 7.96. The fourth-order valence-corrected chi connectivity index (χ4v) is 3.74. The van der Waals surface area contributed by atoms with Crippen LogP contribution < -0.4 is 4.87 Å². The highest BCUT2D eigenvalue weighted by atomic mass is 32.1. The molecule has 1 aromatic heterocycles. The van der Waals surface area contributed by atoms with E-state index in [2.05, 4.69) is 4.99 Å². The summed E-state index contributed by atoms with van der Waals surface area (Å²) < 4.78 is 1.41. The van der Waals surface area contributed by atoms with Crippen molar-refractivity contribution >= 4 is 34.9 Å². The predicted octanol–water partition coefficient (Wildman–Crippen LogP) is 4.23. The van der Waals surface area contributed by atoms with Crippen molar-refractivity contribution in [1.29, 1.82) is 0 Å². The Kier molecular flexibility index (Phi) is 3.86. The van der Waals surface area contributed by atoms with Crippen molar-refractivity contribution in [3.8, 4) is 5.88 Å². The molecule has 25 heavy (non-hydrogen) atoms. The Labute approximate surface area is 149 Å². The van der Waals surface area contributed by atoms with Crippen LogP contribution in [-0.2, 0) is 6.54 Å². The molecule has 0 saturated carbocycles. The summed E-state index contributed by atoms with van der Waals surface area (Å²) in [5.74, 6) is 0.00327. The van der Waals surface area contributed by atoms with E-state index in [1.54, 1.807) is 6.21 Å². The van der Waals surface area contributed by atoms with Gasteiger partial charge in [-0.15, -0.1) is 0 Å². The minimum absolute atomic E-state index is 0.00327. The van der Waals surface area contributed by atoms with Crippen LogP contribution in [-0.4, -0.2) is 15.9 Å². The lowest BCUT2D eigenvalue weighted by Gasteiger charge is -2.07. The van der Waals surface area contributed by atoms with E-state index < -0.39 is 0 Å². The van der Waals surface area contributed by atoms with Crippen LogP contribution in [0.2, 0.25) is 0 Å². The van der Waals surface area contributed by atoms with Crippen LogP contribution in [0, 0.1) is 6.92 Å². The van der Waals surface area contributed by atoms with Crippen molar-refractivity contribution in [1.82, 2.24) is 4.57 Å². The molecule has 1 N–H and O–H groups in total. The largest absolute Gasteiger partial charge is 0.493 e. The zero-order chi connectivity index (χ0) is 17.4. The molecule has 0 fully saturated rings. The highest BCUT2D eigenvalue weighted by Gasteiger charge is 2.16. The maximum absolute atomic E-state index is 12.4.